The lowest BCUT2D eigenvalue weighted by molar-refractivity contribution is 0.0368. The van der Waals surface area contributed by atoms with Crippen LogP contribution in [-0.4, -0.2) is 55.5 Å². The van der Waals surface area contributed by atoms with Gasteiger partial charge in [0.15, 0.2) is 0 Å². The zero-order valence-electron chi connectivity index (χ0n) is 13.8. The molecule has 3 aliphatic heterocycles. The molecule has 5 nitrogen and oxygen atoms in total. The van der Waals surface area contributed by atoms with Gasteiger partial charge in [-0.2, -0.15) is 0 Å². The van der Waals surface area contributed by atoms with Gasteiger partial charge in [0.05, 0.1) is 12.2 Å². The number of nitrogens with zero attached hydrogens (tertiary/aromatic N) is 1. The summed E-state index contributed by atoms with van der Waals surface area (Å²) in [6, 6.07) is 0.280. The molecule has 0 aliphatic carbocycles. The van der Waals surface area contributed by atoms with E-state index in [9.17, 15) is 4.79 Å². The molecule has 126 valence electrons. The van der Waals surface area contributed by atoms with E-state index in [1.807, 2.05) is 4.90 Å². The average Bonchev–Trinajstić information content (AvgIpc) is 3.20. The molecule has 0 radical (unpaired) electrons. The molecule has 0 aromatic carbocycles. The van der Waals surface area contributed by atoms with Crippen molar-refractivity contribution in [3.8, 4) is 0 Å². The van der Waals surface area contributed by atoms with Crippen molar-refractivity contribution in [1.82, 2.24) is 10.2 Å². The number of ether oxygens (including phenoxy) is 2. The monoisotopic (exact) mass is 310 g/mol. The molecule has 3 rings (SSSR count). The van der Waals surface area contributed by atoms with Crippen molar-refractivity contribution < 1.29 is 14.3 Å². The van der Waals surface area contributed by atoms with E-state index in [2.05, 4.69) is 12.2 Å². The Labute approximate surface area is 133 Å². The quantitative estimate of drug-likeness (QED) is 0.868. The maximum atomic E-state index is 12.4. The largest absolute Gasteiger partial charge is 0.378 e. The summed E-state index contributed by atoms with van der Waals surface area (Å²) >= 11 is 0. The Hall–Kier alpha value is -0.810. The van der Waals surface area contributed by atoms with E-state index < -0.39 is 0 Å². The summed E-state index contributed by atoms with van der Waals surface area (Å²) < 4.78 is 11.4. The third-order valence-electron chi connectivity index (χ3n) is 5.33. The molecule has 1 N–H and O–H groups in total. The molecule has 22 heavy (non-hydrogen) atoms. The fourth-order valence-electron chi connectivity index (χ4n) is 4.03. The van der Waals surface area contributed by atoms with Crippen LogP contribution in [0.15, 0.2) is 0 Å². The van der Waals surface area contributed by atoms with E-state index in [0.717, 1.165) is 58.4 Å². The third kappa shape index (κ3) is 4.13. The highest BCUT2D eigenvalue weighted by atomic mass is 16.5. The third-order valence-corrected chi connectivity index (χ3v) is 5.33. The number of hydrogen-bond donors (Lipinski definition) is 1. The smallest absolute Gasteiger partial charge is 0.317 e. The van der Waals surface area contributed by atoms with E-state index in [1.165, 1.54) is 12.8 Å². The number of carbonyl (C=O) groups excluding carboxylic acids is 1. The molecule has 0 bridgehead atoms. The lowest BCUT2D eigenvalue weighted by Gasteiger charge is -2.35. The van der Waals surface area contributed by atoms with Gasteiger partial charge in [-0.25, -0.2) is 4.79 Å². The van der Waals surface area contributed by atoms with Crippen molar-refractivity contribution >= 4 is 6.03 Å². The number of rotatable bonds is 4. The number of hydrogen-bond acceptors (Lipinski definition) is 3. The predicted octanol–water partition coefficient (Wildman–Crippen LogP) is 2.54. The lowest BCUT2D eigenvalue weighted by Crippen LogP contribution is -2.48. The summed E-state index contributed by atoms with van der Waals surface area (Å²) in [7, 11) is 0. The van der Waals surface area contributed by atoms with Crippen LogP contribution in [0.1, 0.15) is 51.9 Å². The van der Waals surface area contributed by atoms with Crippen LogP contribution < -0.4 is 5.32 Å². The Balaban J connectivity index is 1.37. The van der Waals surface area contributed by atoms with Crippen LogP contribution in [0.3, 0.4) is 0 Å². The van der Waals surface area contributed by atoms with Gasteiger partial charge in [0, 0.05) is 32.3 Å². The van der Waals surface area contributed by atoms with Crippen LogP contribution >= 0.6 is 0 Å². The molecular formula is C17H30N2O3. The van der Waals surface area contributed by atoms with Gasteiger partial charge in [0.25, 0.3) is 0 Å². The maximum absolute atomic E-state index is 12.4. The van der Waals surface area contributed by atoms with E-state index in [0.29, 0.717) is 18.1 Å². The van der Waals surface area contributed by atoms with Crippen LogP contribution in [-0.2, 0) is 9.47 Å². The fourth-order valence-corrected chi connectivity index (χ4v) is 4.03. The second-order valence-corrected chi connectivity index (χ2v) is 7.10. The molecule has 3 aliphatic rings. The minimum absolute atomic E-state index is 0.0938. The van der Waals surface area contributed by atoms with Crippen molar-refractivity contribution in [2.24, 2.45) is 5.92 Å². The molecule has 0 spiro atoms. The zero-order chi connectivity index (χ0) is 15.4. The molecule has 3 fully saturated rings. The molecule has 3 heterocycles. The van der Waals surface area contributed by atoms with Crippen LogP contribution in [0.25, 0.3) is 0 Å². The van der Waals surface area contributed by atoms with E-state index in [4.69, 9.17) is 9.47 Å². The number of piperidine rings is 1. The maximum Gasteiger partial charge on any atom is 0.317 e. The van der Waals surface area contributed by atoms with Gasteiger partial charge in [-0.05, 0) is 57.8 Å². The topological polar surface area (TPSA) is 50.8 Å². The molecule has 3 atom stereocenters. The molecule has 0 saturated carbocycles. The Morgan fingerprint density at radius 3 is 2.50 bits per heavy atom. The van der Waals surface area contributed by atoms with Crippen LogP contribution in [0.5, 0.6) is 0 Å². The minimum atomic E-state index is 0.0938. The summed E-state index contributed by atoms with van der Waals surface area (Å²) in [6.07, 6.45) is 8.56. The van der Waals surface area contributed by atoms with Crippen molar-refractivity contribution in [2.45, 2.75) is 70.1 Å². The Morgan fingerprint density at radius 1 is 1.14 bits per heavy atom. The van der Waals surface area contributed by atoms with E-state index in [1.54, 1.807) is 0 Å². The van der Waals surface area contributed by atoms with Gasteiger partial charge in [-0.3, -0.25) is 0 Å². The second-order valence-electron chi connectivity index (χ2n) is 7.10. The Bertz CT molecular complexity index is 357. The Kier molecular flexibility index (Phi) is 5.58. The number of amides is 2. The first-order valence-electron chi connectivity index (χ1n) is 9.01. The molecule has 5 heteroatoms. The summed E-state index contributed by atoms with van der Waals surface area (Å²) in [4.78, 5) is 14.3. The van der Waals surface area contributed by atoms with E-state index >= 15 is 0 Å². The average molecular weight is 310 g/mol. The van der Waals surface area contributed by atoms with Gasteiger partial charge in [0.2, 0.25) is 0 Å². The van der Waals surface area contributed by atoms with E-state index in [-0.39, 0.29) is 12.1 Å². The number of urea groups is 1. The molecule has 2 amide bonds. The first-order chi connectivity index (χ1) is 10.7. The summed E-state index contributed by atoms with van der Waals surface area (Å²) in [5.74, 6) is 0.649. The summed E-state index contributed by atoms with van der Waals surface area (Å²) in [5.41, 5.74) is 0. The Morgan fingerprint density at radius 2 is 1.86 bits per heavy atom. The minimum Gasteiger partial charge on any atom is -0.378 e. The number of likely N-dealkylation sites (tertiary alicyclic amines) is 1. The highest BCUT2D eigenvalue weighted by Gasteiger charge is 2.31. The highest BCUT2D eigenvalue weighted by Crippen LogP contribution is 2.28. The van der Waals surface area contributed by atoms with Crippen molar-refractivity contribution in [3.63, 3.8) is 0 Å². The normalized spacial score (nSPS) is 31.4. The fraction of sp³-hybridized carbons (Fsp3) is 0.941. The summed E-state index contributed by atoms with van der Waals surface area (Å²) in [5, 5.41) is 3.14. The second kappa shape index (κ2) is 7.64. The summed E-state index contributed by atoms with van der Waals surface area (Å²) in [6.45, 7) is 5.61. The van der Waals surface area contributed by atoms with Crippen LogP contribution in [0, 0.1) is 5.92 Å². The predicted molar refractivity (Wildman–Crippen MR) is 84.9 cm³/mol. The molecule has 3 saturated heterocycles. The van der Waals surface area contributed by atoms with Gasteiger partial charge in [-0.15, -0.1) is 0 Å². The van der Waals surface area contributed by atoms with Gasteiger partial charge >= 0.3 is 6.03 Å². The molecular weight excluding hydrogens is 280 g/mol. The molecule has 3 unspecified atom stereocenters. The van der Waals surface area contributed by atoms with Gasteiger partial charge in [0.1, 0.15) is 0 Å². The molecule has 0 aromatic heterocycles. The van der Waals surface area contributed by atoms with Gasteiger partial charge < -0.3 is 19.7 Å². The SMILES string of the molecule is CC(CC1CCCO1)NC(=O)N1CCC(C2CCCO2)CC1. The van der Waals surface area contributed by atoms with Crippen molar-refractivity contribution in [3.05, 3.63) is 0 Å². The first kappa shape index (κ1) is 16.1. The zero-order valence-corrected chi connectivity index (χ0v) is 13.8. The standard InChI is InChI=1S/C17H30N2O3/c1-13(12-15-4-2-10-21-15)18-17(20)19-8-6-14(7-9-19)16-5-3-11-22-16/h13-16H,2-12H2,1H3,(H,18,20). The van der Waals surface area contributed by atoms with Crippen molar-refractivity contribution in [2.75, 3.05) is 26.3 Å². The van der Waals surface area contributed by atoms with Crippen molar-refractivity contribution in [1.29, 1.82) is 0 Å². The number of nitrogens with one attached hydrogen (secondary N) is 1. The molecule has 0 aromatic rings. The van der Waals surface area contributed by atoms with Crippen LogP contribution in [0.2, 0.25) is 0 Å². The van der Waals surface area contributed by atoms with Crippen LogP contribution in [0.4, 0.5) is 4.79 Å². The number of carbonyl (C=O) groups is 1. The highest BCUT2D eigenvalue weighted by molar-refractivity contribution is 5.74. The first-order valence-corrected chi connectivity index (χ1v) is 9.01. The van der Waals surface area contributed by atoms with Gasteiger partial charge in [-0.1, -0.05) is 0 Å². The lowest BCUT2D eigenvalue weighted by atomic mass is 9.90.